The van der Waals surface area contributed by atoms with Gasteiger partial charge < -0.3 is 5.11 Å². The molecule has 4 rings (SSSR count). The molecule has 2 heterocycles. The smallest absolute Gasteiger partial charge is 0.282 e. The van der Waals surface area contributed by atoms with Crippen molar-refractivity contribution >= 4 is 10.2 Å². The van der Waals surface area contributed by atoms with E-state index in [-0.39, 0.29) is 12.0 Å². The molecule has 6 heteroatoms. The molecule has 2 saturated heterocycles. The predicted molar refractivity (Wildman–Crippen MR) is 97.1 cm³/mol. The van der Waals surface area contributed by atoms with Gasteiger partial charge in [0, 0.05) is 31.6 Å². The Kier molecular flexibility index (Phi) is 4.65. The molecule has 1 N–H and O–H groups in total. The van der Waals surface area contributed by atoms with Crippen molar-refractivity contribution < 1.29 is 13.5 Å². The molecule has 5 nitrogen and oxygen atoms in total. The highest BCUT2D eigenvalue weighted by Crippen LogP contribution is 2.48. The van der Waals surface area contributed by atoms with Crippen molar-refractivity contribution in [3.8, 4) is 0 Å². The molecule has 0 spiro atoms. The lowest BCUT2D eigenvalue weighted by molar-refractivity contribution is -0.101. The lowest BCUT2D eigenvalue weighted by atomic mass is 9.67. The van der Waals surface area contributed by atoms with Crippen LogP contribution >= 0.6 is 0 Å². The molecule has 1 aromatic rings. The maximum Gasteiger partial charge on any atom is 0.282 e. The summed E-state index contributed by atoms with van der Waals surface area (Å²) in [5, 5.41) is 11.6. The van der Waals surface area contributed by atoms with Crippen LogP contribution < -0.4 is 0 Å². The van der Waals surface area contributed by atoms with Gasteiger partial charge in [-0.15, -0.1) is 0 Å². The Hall–Kier alpha value is -0.950. The summed E-state index contributed by atoms with van der Waals surface area (Å²) in [6, 6.07) is 9.75. The molecule has 1 aliphatic carbocycles. The van der Waals surface area contributed by atoms with E-state index in [0.29, 0.717) is 26.1 Å². The van der Waals surface area contributed by atoms with Gasteiger partial charge in [-0.3, -0.25) is 0 Å². The zero-order valence-electron chi connectivity index (χ0n) is 14.7. The fraction of sp³-hybridized carbons (Fsp3) is 0.684. The monoisotopic (exact) mass is 364 g/mol. The fourth-order valence-corrected chi connectivity index (χ4v) is 7.02. The number of benzene rings is 1. The Balaban J connectivity index is 1.67. The van der Waals surface area contributed by atoms with Crippen molar-refractivity contribution in [2.24, 2.45) is 5.92 Å². The number of rotatable bonds is 3. The highest BCUT2D eigenvalue weighted by Gasteiger charge is 2.52. The molecule has 25 heavy (non-hydrogen) atoms. The SMILES string of the molecule is O=S(=O)(N1CCCC1)N1CCC(O)(c2ccccc2)C2CCCCC21. The lowest BCUT2D eigenvalue weighted by Crippen LogP contribution is -2.60. The second-order valence-electron chi connectivity index (χ2n) is 7.72. The first-order chi connectivity index (χ1) is 12.0. The van der Waals surface area contributed by atoms with Gasteiger partial charge in [-0.25, -0.2) is 0 Å². The minimum atomic E-state index is -3.41. The third-order valence-electron chi connectivity index (χ3n) is 6.39. The number of nitrogens with zero attached hydrogens (tertiary/aromatic N) is 2. The number of hydrogen-bond acceptors (Lipinski definition) is 3. The molecule has 3 aliphatic rings. The van der Waals surface area contributed by atoms with Crippen LogP contribution in [0.2, 0.25) is 0 Å². The first kappa shape index (κ1) is 17.5. The molecule has 0 radical (unpaired) electrons. The third-order valence-corrected chi connectivity index (χ3v) is 8.45. The molecular weight excluding hydrogens is 336 g/mol. The van der Waals surface area contributed by atoms with Crippen LogP contribution in [0.3, 0.4) is 0 Å². The summed E-state index contributed by atoms with van der Waals surface area (Å²) in [7, 11) is -3.41. The van der Waals surface area contributed by atoms with E-state index in [9.17, 15) is 13.5 Å². The van der Waals surface area contributed by atoms with Crippen LogP contribution in [0.15, 0.2) is 30.3 Å². The molecule has 3 atom stereocenters. The van der Waals surface area contributed by atoms with Gasteiger partial charge in [-0.2, -0.15) is 17.0 Å². The summed E-state index contributed by atoms with van der Waals surface area (Å²) in [6.45, 7) is 1.68. The van der Waals surface area contributed by atoms with Crippen LogP contribution in [0.1, 0.15) is 50.5 Å². The topological polar surface area (TPSA) is 60.9 Å². The van der Waals surface area contributed by atoms with Crippen LogP contribution in [0.5, 0.6) is 0 Å². The summed E-state index contributed by atoms with van der Waals surface area (Å²) in [5.74, 6) is -0.0187. The minimum absolute atomic E-state index is 0.0187. The molecule has 0 amide bonds. The summed E-state index contributed by atoms with van der Waals surface area (Å²) in [4.78, 5) is 0. The van der Waals surface area contributed by atoms with E-state index in [2.05, 4.69) is 0 Å². The average molecular weight is 365 g/mol. The van der Waals surface area contributed by atoms with E-state index in [1.807, 2.05) is 30.3 Å². The molecule has 138 valence electrons. The average Bonchev–Trinajstić information content (AvgIpc) is 3.18. The standard InChI is InChI=1S/C19H28N2O3S/c22-19(16-8-2-1-3-9-16)12-15-21(18-11-5-4-10-17(18)19)25(23,24)20-13-6-7-14-20/h1-3,8-9,17-18,22H,4-7,10-15H2. The second-order valence-corrected chi connectivity index (χ2v) is 9.60. The van der Waals surface area contributed by atoms with Crippen molar-refractivity contribution in [1.82, 2.24) is 8.61 Å². The molecule has 3 unspecified atom stereocenters. The Morgan fingerprint density at radius 3 is 2.36 bits per heavy atom. The van der Waals surface area contributed by atoms with Gasteiger partial charge in [0.15, 0.2) is 0 Å². The van der Waals surface area contributed by atoms with Crippen molar-refractivity contribution in [2.45, 2.75) is 56.6 Å². The highest BCUT2D eigenvalue weighted by molar-refractivity contribution is 7.86. The first-order valence-electron chi connectivity index (χ1n) is 9.58. The quantitative estimate of drug-likeness (QED) is 0.896. The van der Waals surface area contributed by atoms with E-state index < -0.39 is 15.8 Å². The summed E-state index contributed by atoms with van der Waals surface area (Å²) in [5.41, 5.74) is 0.0220. The van der Waals surface area contributed by atoms with Crippen LogP contribution in [0.4, 0.5) is 0 Å². The largest absolute Gasteiger partial charge is 0.385 e. The van der Waals surface area contributed by atoms with E-state index in [0.717, 1.165) is 44.1 Å². The molecule has 1 saturated carbocycles. The summed E-state index contributed by atoms with van der Waals surface area (Å²) in [6.07, 6.45) is 6.23. The Bertz CT molecular complexity index is 703. The minimum Gasteiger partial charge on any atom is -0.385 e. The zero-order chi connectivity index (χ0) is 17.5. The van der Waals surface area contributed by atoms with Crippen molar-refractivity contribution in [3.05, 3.63) is 35.9 Å². The molecule has 0 aromatic heterocycles. The number of hydrogen-bond donors (Lipinski definition) is 1. The van der Waals surface area contributed by atoms with Crippen LogP contribution in [0.25, 0.3) is 0 Å². The van der Waals surface area contributed by atoms with Gasteiger partial charge in [0.1, 0.15) is 0 Å². The Labute approximate surface area is 150 Å². The Morgan fingerprint density at radius 1 is 0.960 bits per heavy atom. The van der Waals surface area contributed by atoms with Gasteiger partial charge in [-0.1, -0.05) is 43.2 Å². The van der Waals surface area contributed by atoms with Crippen LogP contribution in [0, 0.1) is 5.92 Å². The van der Waals surface area contributed by atoms with Gasteiger partial charge in [0.2, 0.25) is 0 Å². The van der Waals surface area contributed by atoms with E-state index in [1.54, 1.807) is 8.61 Å². The molecular formula is C19H28N2O3S. The van der Waals surface area contributed by atoms with E-state index >= 15 is 0 Å². The van der Waals surface area contributed by atoms with Crippen LogP contribution in [-0.4, -0.2) is 47.8 Å². The summed E-state index contributed by atoms with van der Waals surface area (Å²) >= 11 is 0. The van der Waals surface area contributed by atoms with Crippen molar-refractivity contribution in [1.29, 1.82) is 0 Å². The van der Waals surface area contributed by atoms with Gasteiger partial charge in [0.25, 0.3) is 10.2 Å². The molecule has 3 fully saturated rings. The number of fused-ring (bicyclic) bond motifs is 1. The van der Waals surface area contributed by atoms with Gasteiger partial charge in [0.05, 0.1) is 5.60 Å². The summed E-state index contributed by atoms with van der Waals surface area (Å²) < 4.78 is 29.7. The van der Waals surface area contributed by atoms with Crippen molar-refractivity contribution in [3.63, 3.8) is 0 Å². The lowest BCUT2D eigenvalue weighted by Gasteiger charge is -2.52. The predicted octanol–water partition coefficient (Wildman–Crippen LogP) is 2.48. The Morgan fingerprint density at radius 2 is 1.64 bits per heavy atom. The van der Waals surface area contributed by atoms with Gasteiger partial charge >= 0.3 is 0 Å². The number of piperidine rings is 1. The maximum atomic E-state index is 13.2. The highest BCUT2D eigenvalue weighted by atomic mass is 32.2. The normalized spacial score (nSPS) is 34.8. The van der Waals surface area contributed by atoms with Gasteiger partial charge in [-0.05, 0) is 37.7 Å². The van der Waals surface area contributed by atoms with Crippen LogP contribution in [-0.2, 0) is 15.8 Å². The first-order valence-corrected chi connectivity index (χ1v) is 11.0. The van der Waals surface area contributed by atoms with Crippen molar-refractivity contribution in [2.75, 3.05) is 19.6 Å². The zero-order valence-corrected chi connectivity index (χ0v) is 15.5. The van der Waals surface area contributed by atoms with E-state index in [4.69, 9.17) is 0 Å². The maximum absolute atomic E-state index is 13.2. The molecule has 1 aromatic carbocycles. The molecule has 0 bridgehead atoms. The second kappa shape index (κ2) is 6.65. The third kappa shape index (κ3) is 2.93. The fourth-order valence-electron chi connectivity index (χ4n) is 5.08. The van der Waals surface area contributed by atoms with E-state index in [1.165, 1.54) is 0 Å². The molecule has 2 aliphatic heterocycles. The number of aliphatic hydroxyl groups is 1.